The second kappa shape index (κ2) is 15.3. The Kier molecular flexibility index (Phi) is 11.6. The van der Waals surface area contributed by atoms with Crippen molar-refractivity contribution in [2.45, 2.75) is 13.3 Å². The van der Waals surface area contributed by atoms with Crippen molar-refractivity contribution < 1.29 is 18.9 Å². The molecule has 3 N–H and O–H groups in total. The molecular weight excluding hydrogens is 512 g/mol. The molecule has 1 aromatic heterocycles. The highest BCUT2D eigenvalue weighted by molar-refractivity contribution is 7.98. The third-order valence-corrected chi connectivity index (χ3v) is 6.12. The summed E-state index contributed by atoms with van der Waals surface area (Å²) in [5, 5.41) is 13.8. The smallest absolute Gasteiger partial charge is 0.169 e. The van der Waals surface area contributed by atoms with Crippen LogP contribution in [0.3, 0.4) is 0 Å². The zero-order chi connectivity index (χ0) is 28.0. The lowest BCUT2D eigenvalue weighted by molar-refractivity contribution is 0.295. The molecule has 4 aromatic rings. The Labute approximate surface area is 234 Å². The average Bonchev–Trinajstić information content (AvgIpc) is 2.97. The molecular formula is C30H34N4O4S. The van der Waals surface area contributed by atoms with Crippen LogP contribution < -0.4 is 30.0 Å². The molecule has 8 nitrogen and oxygen atoms in total. The minimum atomic E-state index is 0.422. The van der Waals surface area contributed by atoms with Gasteiger partial charge in [-0.2, -0.15) is 17.0 Å². The van der Waals surface area contributed by atoms with Gasteiger partial charge in [0.15, 0.2) is 23.0 Å². The number of benzene rings is 3. The average molecular weight is 547 g/mol. The number of nitrogens with two attached hydrogens (primary N) is 1. The van der Waals surface area contributed by atoms with Crippen LogP contribution in [0.15, 0.2) is 66.9 Å². The van der Waals surface area contributed by atoms with Crippen molar-refractivity contribution in [3.63, 3.8) is 0 Å². The van der Waals surface area contributed by atoms with E-state index in [0.717, 1.165) is 29.8 Å². The molecule has 0 bridgehead atoms. The number of nitrogens with zero attached hydrogens (tertiary/aromatic N) is 2. The van der Waals surface area contributed by atoms with Crippen LogP contribution in [0.2, 0.25) is 0 Å². The second-order valence-electron chi connectivity index (χ2n) is 8.21. The van der Waals surface area contributed by atoms with Gasteiger partial charge in [-0.1, -0.05) is 19.1 Å². The molecule has 0 saturated heterocycles. The van der Waals surface area contributed by atoms with Crippen LogP contribution in [0.1, 0.15) is 18.9 Å². The fourth-order valence-electron chi connectivity index (χ4n) is 3.60. The first-order valence-electron chi connectivity index (χ1n) is 12.5. The van der Waals surface area contributed by atoms with E-state index in [2.05, 4.69) is 16.4 Å². The van der Waals surface area contributed by atoms with Crippen molar-refractivity contribution in [1.82, 2.24) is 4.98 Å². The van der Waals surface area contributed by atoms with Gasteiger partial charge in [-0.05, 0) is 55.1 Å². The number of rotatable bonds is 11. The SMILES string of the molecule is CCCOc1cc2ncc(C#N)c(Nc3ccc(Oc4ccccc4OC)cc3)c2cc1OC.CSCCN. The van der Waals surface area contributed by atoms with E-state index in [1.807, 2.05) is 73.8 Å². The predicted molar refractivity (Wildman–Crippen MR) is 159 cm³/mol. The molecule has 0 amide bonds. The minimum absolute atomic E-state index is 0.422. The standard InChI is InChI=1S/C27H25N3O4.C3H9NS/c1-4-13-33-26-15-22-21(14-25(26)32-3)27(18(16-28)17-29-22)30-19-9-11-20(12-10-19)34-24-8-6-5-7-23(24)31-2;1-5-3-2-4/h5-12,14-15,17H,4,13H2,1-3H3,(H,29,30);2-4H2,1H3. The van der Waals surface area contributed by atoms with Crippen LogP contribution in [-0.4, -0.2) is 44.4 Å². The molecule has 1 heterocycles. The van der Waals surface area contributed by atoms with Crippen molar-refractivity contribution in [3.05, 3.63) is 72.4 Å². The Morgan fingerprint density at radius 2 is 1.69 bits per heavy atom. The van der Waals surface area contributed by atoms with Crippen molar-refractivity contribution in [2.24, 2.45) is 5.73 Å². The lowest BCUT2D eigenvalue weighted by Gasteiger charge is -2.15. The highest BCUT2D eigenvalue weighted by Crippen LogP contribution is 2.38. The zero-order valence-corrected chi connectivity index (χ0v) is 23.5. The summed E-state index contributed by atoms with van der Waals surface area (Å²) in [6.07, 6.45) is 4.48. The van der Waals surface area contributed by atoms with E-state index < -0.39 is 0 Å². The summed E-state index contributed by atoms with van der Waals surface area (Å²) in [7, 11) is 3.20. The van der Waals surface area contributed by atoms with Crippen molar-refractivity contribution in [2.75, 3.05) is 44.7 Å². The Balaban J connectivity index is 0.000000771. The monoisotopic (exact) mass is 546 g/mol. The Morgan fingerprint density at radius 3 is 2.28 bits per heavy atom. The van der Waals surface area contributed by atoms with Crippen LogP contribution in [-0.2, 0) is 0 Å². The van der Waals surface area contributed by atoms with Crippen LogP contribution in [0.25, 0.3) is 10.9 Å². The van der Waals surface area contributed by atoms with Gasteiger partial charge in [-0.3, -0.25) is 4.98 Å². The fourth-order valence-corrected chi connectivity index (χ4v) is 3.84. The number of nitrogens with one attached hydrogen (secondary N) is 1. The molecule has 0 aliphatic heterocycles. The summed E-state index contributed by atoms with van der Waals surface area (Å²) < 4.78 is 22.6. The van der Waals surface area contributed by atoms with E-state index in [1.165, 1.54) is 0 Å². The summed E-state index contributed by atoms with van der Waals surface area (Å²) >= 11 is 1.78. The van der Waals surface area contributed by atoms with Crippen LogP contribution in [0, 0.1) is 11.3 Å². The van der Waals surface area contributed by atoms with Crippen molar-refractivity contribution in [3.8, 4) is 34.8 Å². The molecule has 39 heavy (non-hydrogen) atoms. The van der Waals surface area contributed by atoms with E-state index in [4.69, 9.17) is 24.7 Å². The minimum Gasteiger partial charge on any atom is -0.493 e. The van der Waals surface area contributed by atoms with Gasteiger partial charge in [-0.25, -0.2) is 0 Å². The van der Waals surface area contributed by atoms with Crippen LogP contribution in [0.5, 0.6) is 28.7 Å². The summed E-state index contributed by atoms with van der Waals surface area (Å²) in [5.74, 6) is 4.24. The van der Waals surface area contributed by atoms with Gasteiger partial charge >= 0.3 is 0 Å². The number of anilines is 2. The van der Waals surface area contributed by atoms with Gasteiger partial charge in [-0.15, -0.1) is 0 Å². The summed E-state index contributed by atoms with van der Waals surface area (Å²) in [4.78, 5) is 4.45. The highest BCUT2D eigenvalue weighted by Gasteiger charge is 2.15. The van der Waals surface area contributed by atoms with Gasteiger partial charge in [0, 0.05) is 35.6 Å². The maximum atomic E-state index is 9.69. The highest BCUT2D eigenvalue weighted by atomic mass is 32.2. The molecule has 3 aromatic carbocycles. The van der Waals surface area contributed by atoms with Gasteiger partial charge < -0.3 is 30.0 Å². The van der Waals surface area contributed by atoms with E-state index in [0.29, 0.717) is 52.1 Å². The predicted octanol–water partition coefficient (Wildman–Crippen LogP) is 6.76. The van der Waals surface area contributed by atoms with Crippen LogP contribution >= 0.6 is 11.8 Å². The molecule has 0 aliphatic carbocycles. The van der Waals surface area contributed by atoms with E-state index in [-0.39, 0.29) is 0 Å². The van der Waals surface area contributed by atoms with Crippen molar-refractivity contribution >= 4 is 34.0 Å². The van der Waals surface area contributed by atoms with E-state index >= 15 is 0 Å². The maximum absolute atomic E-state index is 9.69. The van der Waals surface area contributed by atoms with Crippen molar-refractivity contribution in [1.29, 1.82) is 5.26 Å². The van der Waals surface area contributed by atoms with Gasteiger partial charge in [0.05, 0.1) is 37.6 Å². The molecule has 4 rings (SSSR count). The molecule has 0 fully saturated rings. The first-order valence-corrected chi connectivity index (χ1v) is 13.9. The third kappa shape index (κ3) is 7.93. The summed E-state index contributed by atoms with van der Waals surface area (Å²) in [6, 6.07) is 20.8. The molecule has 0 radical (unpaired) electrons. The van der Waals surface area contributed by atoms with Crippen LogP contribution in [0.4, 0.5) is 11.4 Å². The first-order chi connectivity index (χ1) is 19.1. The largest absolute Gasteiger partial charge is 0.493 e. The lowest BCUT2D eigenvalue weighted by atomic mass is 10.1. The summed E-state index contributed by atoms with van der Waals surface area (Å²) in [6.45, 7) is 3.42. The Hall–Kier alpha value is -4.13. The topological polar surface area (TPSA) is 112 Å². The van der Waals surface area contributed by atoms with E-state index in [9.17, 15) is 5.26 Å². The molecule has 0 atom stereocenters. The number of methoxy groups -OCH3 is 2. The number of pyridine rings is 1. The molecule has 9 heteroatoms. The second-order valence-corrected chi connectivity index (χ2v) is 9.20. The van der Waals surface area contributed by atoms with Gasteiger partial charge in [0.25, 0.3) is 0 Å². The number of hydrogen-bond acceptors (Lipinski definition) is 9. The van der Waals surface area contributed by atoms with Gasteiger partial charge in [0.2, 0.25) is 0 Å². The molecule has 0 unspecified atom stereocenters. The number of para-hydroxylation sites is 2. The quantitative estimate of drug-likeness (QED) is 0.211. The lowest BCUT2D eigenvalue weighted by Crippen LogP contribution is -2.00. The zero-order valence-electron chi connectivity index (χ0n) is 22.7. The molecule has 0 aliphatic rings. The normalized spacial score (nSPS) is 10.2. The summed E-state index contributed by atoms with van der Waals surface area (Å²) in [5.41, 5.74) is 7.68. The Bertz CT molecular complexity index is 1390. The fraction of sp³-hybridized carbons (Fsp3) is 0.267. The molecule has 204 valence electrons. The number of thioether (sulfide) groups is 1. The first kappa shape index (κ1) is 29.4. The third-order valence-electron chi connectivity index (χ3n) is 5.48. The molecule has 0 saturated carbocycles. The van der Waals surface area contributed by atoms with Gasteiger partial charge in [0.1, 0.15) is 11.8 Å². The number of aromatic nitrogens is 1. The number of ether oxygens (including phenoxy) is 4. The maximum Gasteiger partial charge on any atom is 0.169 e. The molecule has 0 spiro atoms. The van der Waals surface area contributed by atoms with E-state index in [1.54, 1.807) is 32.2 Å². The Morgan fingerprint density at radius 1 is 0.974 bits per heavy atom. The number of nitriles is 1. The number of fused-ring (bicyclic) bond motifs is 1. The number of hydrogen-bond donors (Lipinski definition) is 2.